The molecule has 62 valence electrons. The first-order valence-electron chi connectivity index (χ1n) is 3.68. The molecule has 4 N–H and O–H groups in total. The zero-order valence-electron chi connectivity index (χ0n) is 7.10. The second-order valence-corrected chi connectivity index (χ2v) is 2.88. The minimum Gasteiger partial charge on any atom is -0.382 e. The molecule has 0 saturated heterocycles. The highest BCUT2D eigenvalue weighted by Crippen LogP contribution is 2.14. The third-order valence-corrected chi connectivity index (χ3v) is 1.28. The van der Waals surface area contributed by atoms with Gasteiger partial charge < -0.3 is 16.0 Å². The summed E-state index contributed by atoms with van der Waals surface area (Å²) < 4.78 is 0. The van der Waals surface area contributed by atoms with E-state index in [0.717, 1.165) is 11.6 Å². The van der Waals surface area contributed by atoms with E-state index in [-0.39, 0.29) is 0 Å². The number of nitrogens with two attached hydrogens (primary N) is 1. The standard InChI is InChI=1S/C7H14N4/c1-4(2)9-7-6(8)10-5(3)11-7/h4,9H,8H2,1-3H3,(H,10,11). The fourth-order valence-electron chi connectivity index (χ4n) is 0.893. The summed E-state index contributed by atoms with van der Waals surface area (Å²) >= 11 is 0. The first kappa shape index (κ1) is 7.91. The highest BCUT2D eigenvalue weighted by molar-refractivity contribution is 5.57. The van der Waals surface area contributed by atoms with Crippen LogP contribution in [0, 0.1) is 6.92 Å². The highest BCUT2D eigenvalue weighted by atomic mass is 15.1. The maximum Gasteiger partial charge on any atom is 0.168 e. The number of rotatable bonds is 2. The van der Waals surface area contributed by atoms with Gasteiger partial charge in [0.2, 0.25) is 0 Å². The van der Waals surface area contributed by atoms with Crippen molar-refractivity contribution in [3.8, 4) is 0 Å². The molecule has 1 aromatic rings. The Morgan fingerprint density at radius 2 is 2.18 bits per heavy atom. The van der Waals surface area contributed by atoms with Crippen LogP contribution >= 0.6 is 0 Å². The van der Waals surface area contributed by atoms with Gasteiger partial charge in [0, 0.05) is 6.04 Å². The van der Waals surface area contributed by atoms with Crippen LogP contribution in [0.15, 0.2) is 0 Å². The molecule has 0 amide bonds. The van der Waals surface area contributed by atoms with Crippen LogP contribution in [0.1, 0.15) is 19.7 Å². The number of aromatic amines is 1. The average molecular weight is 154 g/mol. The second-order valence-electron chi connectivity index (χ2n) is 2.88. The number of nitrogens with one attached hydrogen (secondary N) is 2. The van der Waals surface area contributed by atoms with Crippen molar-refractivity contribution in [2.24, 2.45) is 0 Å². The van der Waals surface area contributed by atoms with E-state index < -0.39 is 0 Å². The summed E-state index contributed by atoms with van der Waals surface area (Å²) in [5.41, 5.74) is 5.61. The van der Waals surface area contributed by atoms with Gasteiger partial charge in [0.25, 0.3) is 0 Å². The van der Waals surface area contributed by atoms with Gasteiger partial charge in [0.1, 0.15) is 11.6 Å². The van der Waals surface area contributed by atoms with E-state index >= 15 is 0 Å². The minimum atomic E-state index is 0.361. The quantitative estimate of drug-likeness (QED) is 0.598. The molecule has 4 heteroatoms. The Morgan fingerprint density at radius 1 is 1.55 bits per heavy atom. The molecular formula is C7H14N4. The summed E-state index contributed by atoms with van der Waals surface area (Å²) in [4.78, 5) is 7.08. The van der Waals surface area contributed by atoms with Gasteiger partial charge in [-0.25, -0.2) is 4.98 Å². The van der Waals surface area contributed by atoms with Crippen LogP contribution in [0.25, 0.3) is 0 Å². The maximum atomic E-state index is 5.61. The van der Waals surface area contributed by atoms with Gasteiger partial charge in [0.15, 0.2) is 5.82 Å². The monoisotopic (exact) mass is 154 g/mol. The topological polar surface area (TPSA) is 66.7 Å². The first-order valence-corrected chi connectivity index (χ1v) is 3.68. The zero-order valence-corrected chi connectivity index (χ0v) is 7.10. The van der Waals surface area contributed by atoms with Crippen molar-refractivity contribution in [2.75, 3.05) is 11.1 Å². The molecular weight excluding hydrogens is 140 g/mol. The summed E-state index contributed by atoms with van der Waals surface area (Å²) in [6, 6.07) is 0.361. The molecule has 0 aliphatic carbocycles. The van der Waals surface area contributed by atoms with Crippen LogP contribution in [0.4, 0.5) is 11.6 Å². The van der Waals surface area contributed by atoms with Crippen LogP contribution in [-0.2, 0) is 0 Å². The van der Waals surface area contributed by atoms with Crippen molar-refractivity contribution in [2.45, 2.75) is 26.8 Å². The van der Waals surface area contributed by atoms with Crippen LogP contribution in [0.5, 0.6) is 0 Å². The summed E-state index contributed by atoms with van der Waals surface area (Å²) in [7, 11) is 0. The van der Waals surface area contributed by atoms with Crippen molar-refractivity contribution in [3.05, 3.63) is 5.82 Å². The summed E-state index contributed by atoms with van der Waals surface area (Å²) in [5.74, 6) is 2.19. The fraction of sp³-hybridized carbons (Fsp3) is 0.571. The first-order chi connectivity index (χ1) is 5.09. The van der Waals surface area contributed by atoms with Crippen molar-refractivity contribution < 1.29 is 0 Å². The van der Waals surface area contributed by atoms with Crippen LogP contribution in [0.3, 0.4) is 0 Å². The van der Waals surface area contributed by atoms with Crippen LogP contribution < -0.4 is 11.1 Å². The number of H-pyrrole nitrogens is 1. The van der Waals surface area contributed by atoms with Gasteiger partial charge in [-0.1, -0.05) is 0 Å². The molecule has 0 spiro atoms. The van der Waals surface area contributed by atoms with E-state index in [1.54, 1.807) is 0 Å². The molecule has 4 nitrogen and oxygen atoms in total. The van der Waals surface area contributed by atoms with E-state index in [4.69, 9.17) is 5.73 Å². The Balaban J connectivity index is 2.77. The Morgan fingerprint density at radius 3 is 2.55 bits per heavy atom. The van der Waals surface area contributed by atoms with Crippen molar-refractivity contribution in [1.82, 2.24) is 9.97 Å². The number of hydrogen-bond donors (Lipinski definition) is 3. The van der Waals surface area contributed by atoms with Gasteiger partial charge in [-0.2, -0.15) is 0 Å². The lowest BCUT2D eigenvalue weighted by molar-refractivity contribution is 0.891. The molecule has 0 saturated carbocycles. The Kier molecular flexibility index (Phi) is 2.03. The smallest absolute Gasteiger partial charge is 0.168 e. The Bertz CT molecular complexity index is 239. The van der Waals surface area contributed by atoms with Crippen LogP contribution in [0.2, 0.25) is 0 Å². The normalized spacial score (nSPS) is 10.5. The lowest BCUT2D eigenvalue weighted by Gasteiger charge is -2.05. The molecule has 0 aliphatic rings. The fourth-order valence-corrected chi connectivity index (χ4v) is 0.893. The van der Waals surface area contributed by atoms with E-state index in [2.05, 4.69) is 15.3 Å². The molecule has 0 aliphatic heterocycles. The average Bonchev–Trinajstić information content (AvgIpc) is 2.09. The van der Waals surface area contributed by atoms with Gasteiger partial charge in [-0.05, 0) is 20.8 Å². The largest absolute Gasteiger partial charge is 0.382 e. The third kappa shape index (κ3) is 1.86. The minimum absolute atomic E-state index is 0.361. The third-order valence-electron chi connectivity index (χ3n) is 1.28. The Labute approximate surface area is 66.2 Å². The summed E-state index contributed by atoms with van der Waals surface area (Å²) in [6.07, 6.45) is 0. The maximum absolute atomic E-state index is 5.61. The van der Waals surface area contributed by atoms with E-state index in [0.29, 0.717) is 11.9 Å². The van der Waals surface area contributed by atoms with Gasteiger partial charge in [-0.3, -0.25) is 0 Å². The molecule has 0 bridgehead atoms. The number of imidazole rings is 1. The summed E-state index contributed by atoms with van der Waals surface area (Å²) in [6.45, 7) is 5.97. The number of hydrogen-bond acceptors (Lipinski definition) is 3. The van der Waals surface area contributed by atoms with Gasteiger partial charge in [0.05, 0.1) is 0 Å². The van der Waals surface area contributed by atoms with E-state index in [1.165, 1.54) is 0 Å². The lowest BCUT2D eigenvalue weighted by Crippen LogP contribution is -2.11. The summed E-state index contributed by atoms with van der Waals surface area (Å²) in [5, 5.41) is 3.13. The number of aromatic nitrogens is 2. The predicted molar refractivity (Wildman–Crippen MR) is 46.5 cm³/mol. The molecule has 11 heavy (non-hydrogen) atoms. The molecule has 0 fully saturated rings. The number of aryl methyl sites for hydroxylation is 1. The molecule has 0 unspecified atom stereocenters. The molecule has 1 rings (SSSR count). The molecule has 0 radical (unpaired) electrons. The zero-order chi connectivity index (χ0) is 8.43. The number of nitrogen functional groups attached to an aromatic ring is 1. The highest BCUT2D eigenvalue weighted by Gasteiger charge is 2.04. The lowest BCUT2D eigenvalue weighted by atomic mass is 10.4. The molecule has 1 heterocycles. The van der Waals surface area contributed by atoms with Crippen molar-refractivity contribution in [3.63, 3.8) is 0 Å². The second kappa shape index (κ2) is 2.82. The van der Waals surface area contributed by atoms with Crippen molar-refractivity contribution >= 4 is 11.6 Å². The number of anilines is 2. The van der Waals surface area contributed by atoms with Crippen LogP contribution in [-0.4, -0.2) is 16.0 Å². The van der Waals surface area contributed by atoms with Gasteiger partial charge in [-0.15, -0.1) is 0 Å². The molecule has 0 aromatic carbocycles. The van der Waals surface area contributed by atoms with Gasteiger partial charge >= 0.3 is 0 Å². The molecule has 0 atom stereocenters. The predicted octanol–water partition coefficient (Wildman–Crippen LogP) is 1.12. The molecule has 1 aromatic heterocycles. The SMILES string of the molecule is Cc1nc(NC(C)C)c(N)[nH]1. The number of nitrogens with zero attached hydrogens (tertiary/aromatic N) is 1. The Hall–Kier alpha value is -1.19. The van der Waals surface area contributed by atoms with Crippen molar-refractivity contribution in [1.29, 1.82) is 0 Å². The van der Waals surface area contributed by atoms with E-state index in [9.17, 15) is 0 Å². The van der Waals surface area contributed by atoms with E-state index in [1.807, 2.05) is 20.8 Å².